The molecule has 0 radical (unpaired) electrons. The van der Waals surface area contributed by atoms with Gasteiger partial charge >= 0.3 is 0 Å². The van der Waals surface area contributed by atoms with Crippen molar-refractivity contribution in [3.8, 4) is 22.5 Å². The highest BCUT2D eigenvalue weighted by Gasteiger charge is 2.35. The van der Waals surface area contributed by atoms with Crippen LogP contribution in [0.4, 0.5) is 5.69 Å². The monoisotopic (exact) mass is 446 g/mol. The van der Waals surface area contributed by atoms with Crippen molar-refractivity contribution in [1.82, 2.24) is 15.5 Å². The number of carbonyl (C=O) groups is 1. The van der Waals surface area contributed by atoms with Crippen LogP contribution in [0.1, 0.15) is 5.89 Å². The van der Waals surface area contributed by atoms with Gasteiger partial charge in [-0.05, 0) is 12.1 Å². The highest BCUT2D eigenvalue weighted by Crippen LogP contribution is 2.42. The summed E-state index contributed by atoms with van der Waals surface area (Å²) in [5.74, 6) is 0.158. The van der Waals surface area contributed by atoms with E-state index in [-0.39, 0.29) is 23.9 Å². The van der Waals surface area contributed by atoms with Crippen LogP contribution in [-0.4, -0.2) is 31.0 Å². The Hall–Kier alpha value is -3.98. The van der Waals surface area contributed by atoms with Crippen molar-refractivity contribution in [2.75, 3.05) is 10.8 Å². The molecule has 2 heterocycles. The molecule has 0 saturated heterocycles. The number of rotatable bonds is 5. The van der Waals surface area contributed by atoms with Crippen molar-refractivity contribution in [2.45, 2.75) is 11.4 Å². The number of sulfonamides is 1. The second-order valence-electron chi connectivity index (χ2n) is 7.18. The Morgan fingerprint density at radius 3 is 2.41 bits per heavy atom. The van der Waals surface area contributed by atoms with E-state index in [1.54, 1.807) is 36.4 Å². The topological polar surface area (TPSA) is 105 Å². The van der Waals surface area contributed by atoms with E-state index < -0.39 is 15.9 Å². The SMILES string of the molecule is O=C(CN1c2ccccc2-c2ccccc2S1(=O)=O)NCc1nc(-c2ccccc2)no1. The zero-order valence-corrected chi connectivity index (χ0v) is 17.6. The van der Waals surface area contributed by atoms with Gasteiger partial charge in [-0.1, -0.05) is 71.9 Å². The van der Waals surface area contributed by atoms with E-state index >= 15 is 0 Å². The Labute approximate surface area is 184 Å². The number of nitrogens with zero attached hydrogens (tertiary/aromatic N) is 3. The number of fused-ring (bicyclic) bond motifs is 3. The standard InChI is InChI=1S/C23H18N4O4S/c28-21(24-14-22-25-23(26-31-22)16-8-2-1-3-9-16)15-27-19-12-6-4-10-17(19)18-11-5-7-13-20(18)32(27,29)30/h1-13H,14-15H2,(H,24,28). The first-order chi connectivity index (χ1) is 15.5. The molecule has 0 atom stereocenters. The molecule has 1 aliphatic heterocycles. The summed E-state index contributed by atoms with van der Waals surface area (Å²) in [4.78, 5) is 17.1. The Balaban J connectivity index is 1.34. The van der Waals surface area contributed by atoms with E-state index in [0.29, 0.717) is 17.1 Å². The van der Waals surface area contributed by atoms with Gasteiger partial charge in [0.25, 0.3) is 10.0 Å². The number of hydrogen-bond acceptors (Lipinski definition) is 6. The average molecular weight is 446 g/mol. The molecule has 0 fully saturated rings. The van der Waals surface area contributed by atoms with Crippen LogP contribution in [0.3, 0.4) is 0 Å². The molecule has 160 valence electrons. The summed E-state index contributed by atoms with van der Waals surface area (Å²) in [5, 5.41) is 6.58. The Morgan fingerprint density at radius 2 is 1.59 bits per heavy atom. The van der Waals surface area contributed by atoms with Crippen LogP contribution in [0, 0.1) is 0 Å². The minimum atomic E-state index is -3.89. The number of anilines is 1. The van der Waals surface area contributed by atoms with E-state index in [0.717, 1.165) is 15.4 Å². The highest BCUT2D eigenvalue weighted by atomic mass is 32.2. The van der Waals surface area contributed by atoms with Gasteiger partial charge in [0.15, 0.2) is 0 Å². The number of amides is 1. The molecule has 0 unspecified atom stereocenters. The number of hydrogen-bond donors (Lipinski definition) is 1. The van der Waals surface area contributed by atoms with Crippen molar-refractivity contribution < 1.29 is 17.7 Å². The molecule has 1 amide bonds. The number of benzene rings is 3. The highest BCUT2D eigenvalue weighted by molar-refractivity contribution is 7.93. The van der Waals surface area contributed by atoms with Crippen LogP contribution in [0.25, 0.3) is 22.5 Å². The molecule has 1 aromatic heterocycles. The largest absolute Gasteiger partial charge is 0.345 e. The quantitative estimate of drug-likeness (QED) is 0.505. The second kappa shape index (κ2) is 7.93. The lowest BCUT2D eigenvalue weighted by Gasteiger charge is -2.31. The molecule has 0 saturated carbocycles. The molecule has 3 aromatic carbocycles. The van der Waals surface area contributed by atoms with E-state index in [2.05, 4.69) is 15.5 Å². The Bertz CT molecular complexity index is 1400. The molecular formula is C23H18N4O4S. The fraction of sp³-hybridized carbons (Fsp3) is 0.0870. The van der Waals surface area contributed by atoms with Crippen LogP contribution in [0.15, 0.2) is 88.3 Å². The summed E-state index contributed by atoms with van der Waals surface area (Å²) in [7, 11) is -3.89. The molecule has 9 heteroatoms. The molecule has 1 N–H and O–H groups in total. The predicted octanol–water partition coefficient (Wildman–Crippen LogP) is 3.23. The average Bonchev–Trinajstić information content (AvgIpc) is 3.30. The molecular weight excluding hydrogens is 428 g/mol. The van der Waals surface area contributed by atoms with Gasteiger partial charge in [-0.25, -0.2) is 8.42 Å². The van der Waals surface area contributed by atoms with Gasteiger partial charge in [-0.15, -0.1) is 0 Å². The van der Waals surface area contributed by atoms with Crippen molar-refractivity contribution in [1.29, 1.82) is 0 Å². The van der Waals surface area contributed by atoms with E-state index in [1.807, 2.05) is 42.5 Å². The first kappa shape index (κ1) is 20.0. The summed E-state index contributed by atoms with van der Waals surface area (Å²) in [6.07, 6.45) is 0. The third kappa shape index (κ3) is 3.52. The molecule has 4 aromatic rings. The van der Waals surface area contributed by atoms with Gasteiger partial charge in [-0.3, -0.25) is 9.10 Å². The lowest BCUT2D eigenvalue weighted by Crippen LogP contribution is -2.42. The summed E-state index contributed by atoms with van der Waals surface area (Å²) in [6.45, 7) is -0.377. The number of para-hydroxylation sites is 1. The van der Waals surface area contributed by atoms with Crippen molar-refractivity contribution in [2.24, 2.45) is 0 Å². The number of nitrogens with one attached hydrogen (secondary N) is 1. The molecule has 0 bridgehead atoms. The van der Waals surface area contributed by atoms with Crippen LogP contribution in [0.2, 0.25) is 0 Å². The van der Waals surface area contributed by atoms with Gasteiger partial charge in [0.1, 0.15) is 6.54 Å². The van der Waals surface area contributed by atoms with Gasteiger partial charge in [0.2, 0.25) is 17.6 Å². The summed E-state index contributed by atoms with van der Waals surface area (Å²) in [6, 6.07) is 23.2. The van der Waals surface area contributed by atoms with Gasteiger partial charge in [-0.2, -0.15) is 4.98 Å². The van der Waals surface area contributed by atoms with Crippen LogP contribution >= 0.6 is 0 Å². The molecule has 5 rings (SSSR count). The molecule has 1 aliphatic rings. The summed E-state index contributed by atoms with van der Waals surface area (Å²) < 4.78 is 32.8. The van der Waals surface area contributed by atoms with Crippen molar-refractivity contribution >= 4 is 21.6 Å². The zero-order valence-electron chi connectivity index (χ0n) is 16.8. The molecule has 32 heavy (non-hydrogen) atoms. The van der Waals surface area contributed by atoms with Crippen LogP contribution < -0.4 is 9.62 Å². The second-order valence-corrected chi connectivity index (χ2v) is 9.01. The predicted molar refractivity (Wildman–Crippen MR) is 118 cm³/mol. The smallest absolute Gasteiger partial charge is 0.265 e. The normalized spacial score (nSPS) is 13.8. The minimum Gasteiger partial charge on any atom is -0.345 e. The van der Waals surface area contributed by atoms with E-state index in [1.165, 1.54) is 0 Å². The summed E-state index contributed by atoms with van der Waals surface area (Å²) >= 11 is 0. The van der Waals surface area contributed by atoms with E-state index in [9.17, 15) is 13.2 Å². The Kier molecular flexibility index (Phi) is 4.95. The fourth-order valence-corrected chi connectivity index (χ4v) is 5.29. The maximum absolute atomic E-state index is 13.2. The summed E-state index contributed by atoms with van der Waals surface area (Å²) in [5.41, 5.74) is 2.64. The van der Waals surface area contributed by atoms with E-state index in [4.69, 9.17) is 4.52 Å². The molecule has 0 spiro atoms. The van der Waals surface area contributed by atoms with Gasteiger partial charge in [0, 0.05) is 16.7 Å². The lowest BCUT2D eigenvalue weighted by molar-refractivity contribution is -0.119. The third-order valence-electron chi connectivity index (χ3n) is 5.14. The Morgan fingerprint density at radius 1 is 0.906 bits per heavy atom. The van der Waals surface area contributed by atoms with Crippen LogP contribution in [-0.2, 0) is 21.4 Å². The lowest BCUT2D eigenvalue weighted by atomic mass is 10.0. The van der Waals surface area contributed by atoms with Crippen molar-refractivity contribution in [3.05, 3.63) is 84.8 Å². The maximum Gasteiger partial charge on any atom is 0.265 e. The first-order valence-electron chi connectivity index (χ1n) is 9.90. The van der Waals surface area contributed by atoms with Crippen molar-refractivity contribution in [3.63, 3.8) is 0 Å². The van der Waals surface area contributed by atoms with Crippen LogP contribution in [0.5, 0.6) is 0 Å². The number of aromatic nitrogens is 2. The minimum absolute atomic E-state index is 0.00914. The first-order valence-corrected chi connectivity index (χ1v) is 11.3. The zero-order chi connectivity index (χ0) is 22.1. The fourth-order valence-electron chi connectivity index (χ4n) is 3.64. The maximum atomic E-state index is 13.2. The van der Waals surface area contributed by atoms with Gasteiger partial charge < -0.3 is 9.84 Å². The molecule has 8 nitrogen and oxygen atoms in total. The number of carbonyl (C=O) groups excluding carboxylic acids is 1. The molecule has 0 aliphatic carbocycles. The third-order valence-corrected chi connectivity index (χ3v) is 6.96. The van der Waals surface area contributed by atoms with Gasteiger partial charge in [0.05, 0.1) is 17.1 Å².